The van der Waals surface area contributed by atoms with Crippen LogP contribution in [-0.4, -0.2) is 11.6 Å². The third-order valence-electron chi connectivity index (χ3n) is 6.40. The SMILES string of the molecule is O=C1CCC2C(C1)C(=O)CC1C3CC=CC3CCC21. The maximum Gasteiger partial charge on any atom is 0.137 e. The van der Waals surface area contributed by atoms with Gasteiger partial charge >= 0.3 is 0 Å². The van der Waals surface area contributed by atoms with Gasteiger partial charge in [-0.1, -0.05) is 12.2 Å². The standard InChI is InChI=1S/C17H22O2/c18-11-5-7-14-13-6-4-10-2-1-3-12(10)15(13)9-17(19)16(14)8-11/h1-2,10,12-16H,3-9H2. The van der Waals surface area contributed by atoms with Crippen molar-refractivity contribution in [2.75, 3.05) is 0 Å². The number of allylic oxidation sites excluding steroid dienone is 2. The summed E-state index contributed by atoms with van der Waals surface area (Å²) in [6.07, 6.45) is 11.6. The lowest BCUT2D eigenvalue weighted by atomic mass is 9.53. The highest BCUT2D eigenvalue weighted by Gasteiger charge is 2.51. The van der Waals surface area contributed by atoms with Gasteiger partial charge in [0.2, 0.25) is 0 Å². The summed E-state index contributed by atoms with van der Waals surface area (Å²) < 4.78 is 0. The van der Waals surface area contributed by atoms with Crippen molar-refractivity contribution in [2.24, 2.45) is 35.5 Å². The second kappa shape index (κ2) is 4.29. The monoisotopic (exact) mass is 258 g/mol. The zero-order chi connectivity index (χ0) is 13.0. The third kappa shape index (κ3) is 1.75. The van der Waals surface area contributed by atoms with Gasteiger partial charge < -0.3 is 0 Å². The van der Waals surface area contributed by atoms with Crippen LogP contribution in [0.25, 0.3) is 0 Å². The van der Waals surface area contributed by atoms with E-state index >= 15 is 0 Å². The van der Waals surface area contributed by atoms with Crippen LogP contribution >= 0.6 is 0 Å². The Kier molecular flexibility index (Phi) is 2.68. The number of carbonyl (C=O) groups is 2. The Hall–Kier alpha value is -0.920. The summed E-state index contributed by atoms with van der Waals surface area (Å²) in [6, 6.07) is 0. The number of fused-ring (bicyclic) bond motifs is 5. The lowest BCUT2D eigenvalue weighted by Gasteiger charge is -2.50. The molecule has 0 aliphatic heterocycles. The van der Waals surface area contributed by atoms with E-state index in [1.54, 1.807) is 0 Å². The van der Waals surface area contributed by atoms with Crippen LogP contribution in [0.4, 0.5) is 0 Å². The largest absolute Gasteiger partial charge is 0.300 e. The molecular weight excluding hydrogens is 236 g/mol. The maximum atomic E-state index is 12.4. The summed E-state index contributed by atoms with van der Waals surface area (Å²) in [5.74, 6) is 4.19. The summed E-state index contributed by atoms with van der Waals surface area (Å²) in [5.41, 5.74) is 0. The summed E-state index contributed by atoms with van der Waals surface area (Å²) in [4.78, 5) is 24.1. The van der Waals surface area contributed by atoms with Crippen molar-refractivity contribution in [3.8, 4) is 0 Å². The first-order chi connectivity index (χ1) is 9.24. The lowest BCUT2D eigenvalue weighted by molar-refractivity contribution is -0.142. The molecule has 0 N–H and O–H groups in total. The Labute approximate surface area is 114 Å². The Morgan fingerprint density at radius 1 is 0.895 bits per heavy atom. The molecule has 0 spiro atoms. The van der Waals surface area contributed by atoms with Gasteiger partial charge in [0.05, 0.1) is 0 Å². The Balaban J connectivity index is 1.62. The van der Waals surface area contributed by atoms with Crippen molar-refractivity contribution < 1.29 is 9.59 Å². The molecule has 4 aliphatic carbocycles. The first kappa shape index (κ1) is 11.9. The average molecular weight is 258 g/mol. The normalized spacial score (nSPS) is 48.6. The van der Waals surface area contributed by atoms with Gasteiger partial charge in [0, 0.05) is 25.2 Å². The Morgan fingerprint density at radius 3 is 2.68 bits per heavy atom. The lowest BCUT2D eigenvalue weighted by Crippen LogP contribution is -2.48. The van der Waals surface area contributed by atoms with Crippen molar-refractivity contribution in [1.29, 1.82) is 0 Å². The van der Waals surface area contributed by atoms with E-state index < -0.39 is 0 Å². The molecule has 0 amide bonds. The van der Waals surface area contributed by atoms with Crippen LogP contribution in [0.15, 0.2) is 12.2 Å². The predicted octanol–water partition coefficient (Wildman–Crippen LogP) is 3.16. The third-order valence-corrected chi connectivity index (χ3v) is 6.40. The molecule has 0 saturated heterocycles. The van der Waals surface area contributed by atoms with Gasteiger partial charge in [-0.05, 0) is 55.3 Å². The van der Waals surface area contributed by atoms with E-state index in [0.717, 1.165) is 37.0 Å². The number of Topliss-reactive ketones (excluding diaryl/α,β-unsaturated/α-hetero) is 2. The number of ketones is 2. The minimum Gasteiger partial charge on any atom is -0.300 e. The quantitative estimate of drug-likeness (QED) is 0.625. The second-order valence-corrected chi connectivity index (χ2v) is 7.12. The highest BCUT2D eigenvalue weighted by atomic mass is 16.1. The summed E-state index contributed by atoms with van der Waals surface area (Å²) in [6.45, 7) is 0. The van der Waals surface area contributed by atoms with E-state index in [-0.39, 0.29) is 5.92 Å². The molecule has 6 atom stereocenters. The van der Waals surface area contributed by atoms with E-state index in [1.165, 1.54) is 19.3 Å². The molecule has 4 aliphatic rings. The second-order valence-electron chi connectivity index (χ2n) is 7.12. The minimum absolute atomic E-state index is 0.0911. The van der Waals surface area contributed by atoms with Crippen molar-refractivity contribution in [3.05, 3.63) is 12.2 Å². The van der Waals surface area contributed by atoms with Crippen LogP contribution < -0.4 is 0 Å². The van der Waals surface area contributed by atoms with E-state index in [1.807, 2.05) is 0 Å². The molecule has 3 fully saturated rings. The molecule has 0 aromatic rings. The molecule has 4 rings (SSSR count). The summed E-state index contributed by atoms with van der Waals surface area (Å²) in [5, 5.41) is 0. The predicted molar refractivity (Wildman–Crippen MR) is 72.4 cm³/mol. The minimum atomic E-state index is 0.0911. The first-order valence-corrected chi connectivity index (χ1v) is 7.95. The molecule has 19 heavy (non-hydrogen) atoms. The Bertz CT molecular complexity index is 450. The molecule has 102 valence electrons. The molecule has 3 saturated carbocycles. The van der Waals surface area contributed by atoms with Crippen molar-refractivity contribution in [3.63, 3.8) is 0 Å². The van der Waals surface area contributed by atoms with Gasteiger partial charge in [-0.25, -0.2) is 0 Å². The zero-order valence-electron chi connectivity index (χ0n) is 11.4. The van der Waals surface area contributed by atoms with Gasteiger partial charge in [0.25, 0.3) is 0 Å². The number of hydrogen-bond acceptors (Lipinski definition) is 2. The smallest absolute Gasteiger partial charge is 0.137 e. The summed E-state index contributed by atoms with van der Waals surface area (Å²) >= 11 is 0. The topological polar surface area (TPSA) is 34.1 Å². The molecule has 6 unspecified atom stereocenters. The molecule has 0 aromatic heterocycles. The molecule has 0 aromatic carbocycles. The van der Waals surface area contributed by atoms with E-state index in [4.69, 9.17) is 0 Å². The van der Waals surface area contributed by atoms with Gasteiger partial charge in [0.15, 0.2) is 0 Å². The van der Waals surface area contributed by atoms with Crippen LogP contribution in [0.3, 0.4) is 0 Å². The highest BCUT2D eigenvalue weighted by molar-refractivity contribution is 5.90. The van der Waals surface area contributed by atoms with Crippen molar-refractivity contribution in [2.45, 2.75) is 44.9 Å². The van der Waals surface area contributed by atoms with Crippen LogP contribution in [0.5, 0.6) is 0 Å². The van der Waals surface area contributed by atoms with Crippen LogP contribution in [0.1, 0.15) is 44.9 Å². The maximum absolute atomic E-state index is 12.4. The molecular formula is C17H22O2. The molecule has 0 heterocycles. The fourth-order valence-corrected chi connectivity index (χ4v) is 5.56. The van der Waals surface area contributed by atoms with Gasteiger partial charge in [0.1, 0.15) is 11.6 Å². The van der Waals surface area contributed by atoms with E-state index in [0.29, 0.717) is 29.8 Å². The van der Waals surface area contributed by atoms with Crippen LogP contribution in [0.2, 0.25) is 0 Å². The number of rotatable bonds is 0. The van der Waals surface area contributed by atoms with Crippen LogP contribution in [-0.2, 0) is 9.59 Å². The fraction of sp³-hybridized carbons (Fsp3) is 0.765. The van der Waals surface area contributed by atoms with Gasteiger partial charge in [-0.3, -0.25) is 9.59 Å². The Morgan fingerprint density at radius 2 is 1.79 bits per heavy atom. The van der Waals surface area contributed by atoms with Gasteiger partial charge in [-0.2, -0.15) is 0 Å². The van der Waals surface area contributed by atoms with Gasteiger partial charge in [-0.15, -0.1) is 0 Å². The highest BCUT2D eigenvalue weighted by Crippen LogP contribution is 2.55. The fourth-order valence-electron chi connectivity index (χ4n) is 5.56. The first-order valence-electron chi connectivity index (χ1n) is 7.95. The summed E-state index contributed by atoms with van der Waals surface area (Å²) in [7, 11) is 0. The van der Waals surface area contributed by atoms with Crippen LogP contribution in [0, 0.1) is 35.5 Å². The number of hydrogen-bond donors (Lipinski definition) is 0. The number of carbonyl (C=O) groups excluding carboxylic acids is 2. The molecule has 2 heteroatoms. The molecule has 2 nitrogen and oxygen atoms in total. The van der Waals surface area contributed by atoms with E-state index in [2.05, 4.69) is 12.2 Å². The zero-order valence-corrected chi connectivity index (χ0v) is 11.4. The molecule has 0 radical (unpaired) electrons. The molecule has 0 bridgehead atoms. The average Bonchev–Trinajstić information content (AvgIpc) is 2.88. The van der Waals surface area contributed by atoms with Crippen molar-refractivity contribution in [1.82, 2.24) is 0 Å². The van der Waals surface area contributed by atoms with Crippen molar-refractivity contribution >= 4 is 11.6 Å². The van der Waals surface area contributed by atoms with E-state index in [9.17, 15) is 9.59 Å².